The van der Waals surface area contributed by atoms with E-state index in [4.69, 9.17) is 0 Å². The highest BCUT2D eigenvalue weighted by atomic mass is 16.4. The van der Waals surface area contributed by atoms with Crippen molar-refractivity contribution in [1.29, 1.82) is 0 Å². The maximum Gasteiger partial charge on any atom is 0.0445 e. The number of hydrogen-bond acceptors (Lipinski definition) is 2. The summed E-state index contributed by atoms with van der Waals surface area (Å²) in [5.74, 6) is -1.11. The van der Waals surface area contributed by atoms with Crippen molar-refractivity contribution in [1.82, 2.24) is 0 Å². The first-order valence-electron chi connectivity index (χ1n) is 3.93. The Morgan fingerprint density at radius 3 is 2.40 bits per heavy atom. The van der Waals surface area contributed by atoms with Gasteiger partial charge < -0.3 is 9.90 Å². The Morgan fingerprint density at radius 2 is 2.10 bits per heavy atom. The van der Waals surface area contributed by atoms with Crippen LogP contribution in [0, 0.1) is 5.92 Å². The summed E-state index contributed by atoms with van der Waals surface area (Å²) in [5, 5.41) is 10.3. The molecule has 0 saturated heterocycles. The fourth-order valence-corrected chi connectivity index (χ4v) is 0.939. The predicted octanol–water partition coefficient (Wildman–Crippen LogP) is 0.953. The predicted molar refractivity (Wildman–Crippen MR) is 38.3 cm³/mol. The van der Waals surface area contributed by atoms with Crippen LogP contribution in [-0.2, 0) is 4.79 Å². The maximum atomic E-state index is 10.3. The molecule has 0 saturated carbocycles. The van der Waals surface area contributed by atoms with Crippen molar-refractivity contribution >= 4 is 5.97 Å². The smallest absolute Gasteiger partial charge is 0.0445 e. The van der Waals surface area contributed by atoms with Gasteiger partial charge in [-0.25, -0.2) is 0 Å². The first-order valence-corrected chi connectivity index (χ1v) is 3.93. The Hall–Kier alpha value is -0.530. The van der Waals surface area contributed by atoms with E-state index in [1.165, 1.54) is 0 Å². The summed E-state index contributed by atoms with van der Waals surface area (Å²) in [4.78, 5) is 10.3. The Labute approximate surface area is 62.2 Å². The second-order valence-corrected chi connectivity index (χ2v) is 2.57. The average molecular weight is 143 g/mol. The van der Waals surface area contributed by atoms with Crippen molar-refractivity contribution in [2.45, 2.75) is 39.5 Å². The fraction of sp³-hybridized carbons (Fsp3) is 0.875. The molecule has 60 valence electrons. The molecule has 2 heteroatoms. The van der Waals surface area contributed by atoms with Crippen molar-refractivity contribution in [3.63, 3.8) is 0 Å². The normalized spacial score (nSPS) is 13.0. The van der Waals surface area contributed by atoms with E-state index in [2.05, 4.69) is 6.92 Å². The molecule has 0 radical (unpaired) electrons. The second kappa shape index (κ2) is 5.27. The molecule has 10 heavy (non-hydrogen) atoms. The third kappa shape index (κ3) is 3.49. The summed E-state index contributed by atoms with van der Waals surface area (Å²) in [6, 6.07) is 0. The Morgan fingerprint density at radius 1 is 1.50 bits per heavy atom. The lowest BCUT2D eigenvalue weighted by atomic mass is 10.00. The van der Waals surface area contributed by atoms with Gasteiger partial charge in [-0.05, 0) is 18.8 Å². The Kier molecular flexibility index (Phi) is 4.99. The first-order chi connectivity index (χ1) is 4.72. The molecule has 0 aliphatic rings. The van der Waals surface area contributed by atoms with Gasteiger partial charge in [0, 0.05) is 5.97 Å². The van der Waals surface area contributed by atoms with Gasteiger partial charge in [0.15, 0.2) is 0 Å². The zero-order valence-electron chi connectivity index (χ0n) is 6.72. The number of rotatable bonds is 5. The molecule has 0 aromatic rings. The van der Waals surface area contributed by atoms with Crippen LogP contribution >= 0.6 is 0 Å². The third-order valence-corrected chi connectivity index (χ3v) is 1.73. The van der Waals surface area contributed by atoms with Crippen molar-refractivity contribution in [3.8, 4) is 0 Å². The lowest BCUT2D eigenvalue weighted by Gasteiger charge is -2.14. The second-order valence-electron chi connectivity index (χ2n) is 2.57. The summed E-state index contributed by atoms with van der Waals surface area (Å²) in [7, 11) is 0. The number of carbonyl (C=O) groups is 1. The molecule has 0 spiro atoms. The topological polar surface area (TPSA) is 40.1 Å². The Bertz CT molecular complexity index is 99.4. The van der Waals surface area contributed by atoms with E-state index in [9.17, 15) is 9.90 Å². The fourth-order valence-electron chi connectivity index (χ4n) is 0.939. The van der Waals surface area contributed by atoms with Gasteiger partial charge in [-0.1, -0.05) is 26.7 Å². The number of aliphatic carboxylic acids is 1. The van der Waals surface area contributed by atoms with E-state index in [0.29, 0.717) is 6.42 Å². The molecule has 0 aliphatic heterocycles. The highest BCUT2D eigenvalue weighted by Crippen LogP contribution is 2.10. The summed E-state index contributed by atoms with van der Waals surface area (Å²) in [6.45, 7) is 3.94. The SMILES string of the molecule is CCCC[C@H](CC)C(=O)[O-]. The monoisotopic (exact) mass is 143 g/mol. The van der Waals surface area contributed by atoms with E-state index >= 15 is 0 Å². The molecule has 0 unspecified atom stereocenters. The van der Waals surface area contributed by atoms with Crippen LogP contribution in [0.3, 0.4) is 0 Å². The summed E-state index contributed by atoms with van der Waals surface area (Å²) < 4.78 is 0. The molecular weight excluding hydrogens is 128 g/mol. The van der Waals surface area contributed by atoms with Gasteiger partial charge in [-0.15, -0.1) is 0 Å². The molecule has 0 aromatic heterocycles. The van der Waals surface area contributed by atoms with Crippen LogP contribution in [-0.4, -0.2) is 5.97 Å². The maximum absolute atomic E-state index is 10.3. The number of carboxylic acid groups (broad SMARTS) is 1. The number of unbranched alkanes of at least 4 members (excludes halogenated alkanes) is 1. The van der Waals surface area contributed by atoms with Crippen LogP contribution < -0.4 is 5.11 Å². The number of hydrogen-bond donors (Lipinski definition) is 0. The Balaban J connectivity index is 3.50. The van der Waals surface area contributed by atoms with Gasteiger partial charge in [-0.3, -0.25) is 0 Å². The van der Waals surface area contributed by atoms with Crippen LogP contribution in [0.1, 0.15) is 39.5 Å². The zero-order chi connectivity index (χ0) is 7.98. The molecule has 0 heterocycles. The van der Waals surface area contributed by atoms with Gasteiger partial charge in [0.05, 0.1) is 0 Å². The third-order valence-electron chi connectivity index (χ3n) is 1.73. The molecule has 0 aromatic carbocycles. The summed E-state index contributed by atoms with van der Waals surface area (Å²) in [6.07, 6.45) is 3.52. The van der Waals surface area contributed by atoms with Gasteiger partial charge >= 0.3 is 0 Å². The van der Waals surface area contributed by atoms with E-state index in [-0.39, 0.29) is 5.92 Å². The molecule has 0 rings (SSSR count). The highest BCUT2D eigenvalue weighted by molar-refractivity contribution is 5.67. The van der Waals surface area contributed by atoms with Crippen molar-refractivity contribution in [2.75, 3.05) is 0 Å². The molecule has 2 nitrogen and oxygen atoms in total. The number of carboxylic acids is 1. The van der Waals surface area contributed by atoms with Crippen LogP contribution in [0.5, 0.6) is 0 Å². The van der Waals surface area contributed by atoms with Crippen molar-refractivity contribution in [2.24, 2.45) is 5.92 Å². The lowest BCUT2D eigenvalue weighted by molar-refractivity contribution is -0.311. The minimum absolute atomic E-state index is 0.222. The largest absolute Gasteiger partial charge is 0.550 e. The van der Waals surface area contributed by atoms with Crippen LogP contribution in [0.25, 0.3) is 0 Å². The molecule has 0 N–H and O–H groups in total. The minimum Gasteiger partial charge on any atom is -0.550 e. The van der Waals surface area contributed by atoms with Crippen molar-refractivity contribution < 1.29 is 9.90 Å². The van der Waals surface area contributed by atoms with Gasteiger partial charge in [-0.2, -0.15) is 0 Å². The van der Waals surface area contributed by atoms with E-state index in [1.807, 2.05) is 6.92 Å². The standard InChI is InChI=1S/C8H16O2/c1-3-5-6-7(4-2)8(9)10/h7H,3-6H2,1-2H3,(H,9,10)/p-1/t7-/m0/s1. The van der Waals surface area contributed by atoms with Crippen LogP contribution in [0.15, 0.2) is 0 Å². The lowest BCUT2D eigenvalue weighted by Crippen LogP contribution is -2.30. The quantitative estimate of drug-likeness (QED) is 0.575. The summed E-state index contributed by atoms with van der Waals surface area (Å²) >= 11 is 0. The van der Waals surface area contributed by atoms with E-state index in [1.54, 1.807) is 0 Å². The number of carbonyl (C=O) groups excluding carboxylic acids is 1. The van der Waals surface area contributed by atoms with Crippen molar-refractivity contribution in [3.05, 3.63) is 0 Å². The zero-order valence-corrected chi connectivity index (χ0v) is 6.72. The average Bonchev–Trinajstić information content (AvgIpc) is 1.89. The molecular formula is C8H15O2-. The highest BCUT2D eigenvalue weighted by Gasteiger charge is 2.04. The first kappa shape index (κ1) is 9.47. The van der Waals surface area contributed by atoms with Gasteiger partial charge in [0.1, 0.15) is 0 Å². The van der Waals surface area contributed by atoms with Crippen LogP contribution in [0.2, 0.25) is 0 Å². The molecule has 0 fully saturated rings. The summed E-state index contributed by atoms with van der Waals surface area (Å²) in [5.41, 5.74) is 0. The molecule has 0 aliphatic carbocycles. The van der Waals surface area contributed by atoms with Gasteiger partial charge in [0.25, 0.3) is 0 Å². The molecule has 1 atom stereocenters. The van der Waals surface area contributed by atoms with E-state index in [0.717, 1.165) is 19.3 Å². The minimum atomic E-state index is -0.893. The van der Waals surface area contributed by atoms with Crippen LogP contribution in [0.4, 0.5) is 0 Å². The van der Waals surface area contributed by atoms with E-state index < -0.39 is 5.97 Å². The molecule has 0 bridgehead atoms. The molecule has 0 amide bonds. The van der Waals surface area contributed by atoms with Gasteiger partial charge in [0.2, 0.25) is 0 Å².